The van der Waals surface area contributed by atoms with Crippen LogP contribution in [0.5, 0.6) is 0 Å². The molecule has 0 saturated carbocycles. The van der Waals surface area contributed by atoms with Gasteiger partial charge in [-0.2, -0.15) is 0 Å². The van der Waals surface area contributed by atoms with E-state index in [0.29, 0.717) is 6.61 Å². The summed E-state index contributed by atoms with van der Waals surface area (Å²) >= 11 is 0. The number of hydrogen-bond donors (Lipinski definition) is 6. The summed E-state index contributed by atoms with van der Waals surface area (Å²) in [5.74, 6) is 0. The van der Waals surface area contributed by atoms with Gasteiger partial charge < -0.3 is 34.9 Å². The fourth-order valence-electron chi connectivity index (χ4n) is 3.87. The van der Waals surface area contributed by atoms with Crippen LogP contribution in [0.4, 0.5) is 0 Å². The first-order valence-corrected chi connectivity index (χ1v) is 14.7. The molecule has 0 radical (unpaired) electrons. The summed E-state index contributed by atoms with van der Waals surface area (Å²) in [6, 6.07) is 0. The molecule has 0 fully saturated rings. The zero-order chi connectivity index (χ0) is 25.7. The third kappa shape index (κ3) is 20.1. The fourth-order valence-corrected chi connectivity index (χ4v) is 4.41. The molecule has 0 aromatic carbocycles. The van der Waals surface area contributed by atoms with E-state index in [2.05, 4.69) is 11.4 Å². The lowest BCUT2D eigenvalue weighted by Gasteiger charge is -2.28. The van der Waals surface area contributed by atoms with Gasteiger partial charge in [-0.3, -0.25) is 4.52 Å². The predicted octanol–water partition coefficient (Wildman–Crippen LogP) is 3.82. The fraction of sp³-hybridized carbons (Fsp3) is 1.00. The average molecular weight is 515 g/mol. The normalized spacial score (nSPS) is 15.9. The van der Waals surface area contributed by atoms with Gasteiger partial charge in [-0.25, -0.2) is 4.57 Å². The van der Waals surface area contributed by atoms with Gasteiger partial charge in [0.05, 0.1) is 13.2 Å². The average Bonchev–Trinajstić information content (AvgIpc) is 2.80. The minimum atomic E-state index is -4.94. The monoisotopic (exact) mass is 514 g/mol. The maximum Gasteiger partial charge on any atom is 0.470 e. The van der Waals surface area contributed by atoms with Crippen LogP contribution in [0.2, 0.25) is 0 Å². The van der Waals surface area contributed by atoms with Gasteiger partial charge in [0.1, 0.15) is 24.4 Å². The second-order valence-corrected chi connectivity index (χ2v) is 10.4. The van der Waals surface area contributed by atoms with E-state index in [1.165, 1.54) is 83.5 Å². The minimum absolute atomic E-state index is 0.324. The lowest BCUT2D eigenvalue weighted by Crippen LogP contribution is -2.48. The van der Waals surface area contributed by atoms with Crippen molar-refractivity contribution in [2.75, 3.05) is 19.8 Å². The summed E-state index contributed by atoms with van der Waals surface area (Å²) in [6.07, 6.45) is 13.2. The van der Waals surface area contributed by atoms with Gasteiger partial charge >= 0.3 is 7.82 Å². The van der Waals surface area contributed by atoms with Crippen molar-refractivity contribution in [1.29, 1.82) is 0 Å². The van der Waals surface area contributed by atoms with E-state index in [1.807, 2.05) is 0 Å². The molecule has 0 aromatic rings. The third-order valence-corrected chi connectivity index (χ3v) is 6.55. The van der Waals surface area contributed by atoms with Crippen LogP contribution in [-0.4, -0.2) is 74.4 Å². The van der Waals surface area contributed by atoms with E-state index < -0.39 is 38.8 Å². The molecule has 9 nitrogen and oxygen atoms in total. The third-order valence-electron chi connectivity index (χ3n) is 6.01. The molecule has 10 heteroatoms. The number of aliphatic hydroxyl groups is 4. The molecule has 0 saturated heterocycles. The van der Waals surface area contributed by atoms with E-state index in [9.17, 15) is 19.9 Å². The van der Waals surface area contributed by atoms with Gasteiger partial charge in [0.15, 0.2) is 0 Å². The molecule has 6 N–H and O–H groups in total. The second kappa shape index (κ2) is 22.1. The van der Waals surface area contributed by atoms with E-state index in [4.69, 9.17) is 19.6 Å². The molecule has 0 amide bonds. The zero-order valence-corrected chi connectivity index (χ0v) is 22.0. The molecular formula is C24H51O9P. The molecule has 206 valence electrons. The second-order valence-electron chi connectivity index (χ2n) is 9.24. The van der Waals surface area contributed by atoms with Gasteiger partial charge in [-0.05, 0) is 6.42 Å². The number of phosphoric ester groups is 1. The van der Waals surface area contributed by atoms with Crippen molar-refractivity contribution in [3.05, 3.63) is 0 Å². The smallest absolute Gasteiger partial charge is 0.394 e. The molecule has 0 bridgehead atoms. The van der Waals surface area contributed by atoms with Crippen LogP contribution >= 0.6 is 7.82 Å². The molecule has 0 aliphatic heterocycles. The number of unbranched alkanes of at least 4 members (excludes halogenated alkanes) is 15. The van der Waals surface area contributed by atoms with E-state index in [-0.39, 0.29) is 6.61 Å². The molecule has 0 aromatic heterocycles. The summed E-state index contributed by atoms with van der Waals surface area (Å²) in [6.45, 7) is 1.39. The van der Waals surface area contributed by atoms with Crippen LogP contribution < -0.4 is 0 Å². The van der Waals surface area contributed by atoms with Crippen LogP contribution in [0.1, 0.15) is 110 Å². The Morgan fingerprint density at radius 1 is 0.676 bits per heavy atom. The molecule has 0 heterocycles. The number of aliphatic hydroxyl groups excluding tert-OH is 4. The first-order chi connectivity index (χ1) is 16.2. The Bertz CT molecular complexity index is 489. The molecule has 0 aliphatic rings. The highest BCUT2D eigenvalue weighted by molar-refractivity contribution is 7.46. The standard InChI is InChI=1S/C24H51O9P/c1-2-3-4-5-6-7-8-9-10-11-12-13-14-15-16-17-18-32-20-22(33-34(29,30)31)24(28)23(27)21(26)19-25/h21-28H,2-20H2,1H3,(H2,29,30,31)/t21-,22-,23-,24-/m1/s1. The van der Waals surface area contributed by atoms with Crippen LogP contribution in [0.25, 0.3) is 0 Å². The van der Waals surface area contributed by atoms with Crippen molar-refractivity contribution in [3.63, 3.8) is 0 Å². The molecule has 0 aliphatic carbocycles. The summed E-state index contributed by atoms with van der Waals surface area (Å²) in [7, 11) is -4.94. The van der Waals surface area contributed by atoms with E-state index in [1.54, 1.807) is 0 Å². The molecular weight excluding hydrogens is 463 g/mol. The van der Waals surface area contributed by atoms with Crippen LogP contribution in [-0.2, 0) is 13.8 Å². The van der Waals surface area contributed by atoms with Gasteiger partial charge in [0.25, 0.3) is 0 Å². The van der Waals surface area contributed by atoms with Gasteiger partial charge in [-0.15, -0.1) is 0 Å². The number of ether oxygens (including phenoxy) is 1. The highest BCUT2D eigenvalue weighted by Gasteiger charge is 2.35. The van der Waals surface area contributed by atoms with Crippen molar-refractivity contribution in [3.8, 4) is 0 Å². The van der Waals surface area contributed by atoms with Crippen molar-refractivity contribution < 1.29 is 44.0 Å². The number of rotatable bonds is 25. The molecule has 0 spiro atoms. The van der Waals surface area contributed by atoms with Crippen LogP contribution in [0, 0.1) is 0 Å². The topological polar surface area (TPSA) is 157 Å². The molecule has 0 rings (SSSR count). The Kier molecular flexibility index (Phi) is 22.1. The zero-order valence-electron chi connectivity index (χ0n) is 21.1. The minimum Gasteiger partial charge on any atom is -0.394 e. The largest absolute Gasteiger partial charge is 0.470 e. The van der Waals surface area contributed by atoms with Gasteiger partial charge in [0, 0.05) is 6.61 Å². The maximum atomic E-state index is 11.1. The lowest BCUT2D eigenvalue weighted by atomic mass is 10.0. The van der Waals surface area contributed by atoms with Gasteiger partial charge in [0.2, 0.25) is 0 Å². The van der Waals surface area contributed by atoms with Crippen molar-refractivity contribution >= 4 is 7.82 Å². The highest BCUT2D eigenvalue weighted by Crippen LogP contribution is 2.38. The summed E-state index contributed by atoms with van der Waals surface area (Å²) in [5.41, 5.74) is 0. The van der Waals surface area contributed by atoms with E-state index >= 15 is 0 Å². The lowest BCUT2D eigenvalue weighted by molar-refractivity contribution is -0.126. The van der Waals surface area contributed by atoms with Gasteiger partial charge in [-0.1, -0.05) is 103 Å². The number of hydrogen-bond acceptors (Lipinski definition) is 7. The SMILES string of the molecule is CCCCCCCCCCCCCCCCCCOC[C@@H](OP(=O)(O)O)[C@@H](O)[C@H](O)[C@H](O)CO. The van der Waals surface area contributed by atoms with Crippen molar-refractivity contribution in [2.24, 2.45) is 0 Å². The van der Waals surface area contributed by atoms with E-state index in [0.717, 1.165) is 19.3 Å². The predicted molar refractivity (Wildman–Crippen MR) is 132 cm³/mol. The van der Waals surface area contributed by atoms with Crippen LogP contribution in [0.3, 0.4) is 0 Å². The summed E-state index contributed by atoms with van der Waals surface area (Å²) < 4.78 is 21.0. The number of phosphoric acid groups is 1. The quantitative estimate of drug-likeness (QED) is 0.0787. The Labute approximate surface area is 206 Å². The Hall–Kier alpha value is -0.0900. The summed E-state index contributed by atoms with van der Waals surface area (Å²) in [5, 5.41) is 38.1. The Morgan fingerprint density at radius 3 is 1.47 bits per heavy atom. The van der Waals surface area contributed by atoms with Crippen molar-refractivity contribution in [1.82, 2.24) is 0 Å². The highest BCUT2D eigenvalue weighted by atomic mass is 31.2. The Morgan fingerprint density at radius 2 is 1.09 bits per heavy atom. The summed E-state index contributed by atoms with van der Waals surface area (Å²) in [4.78, 5) is 18.0. The maximum absolute atomic E-state index is 11.1. The first kappa shape index (κ1) is 33.9. The Balaban J connectivity index is 3.72. The van der Waals surface area contributed by atoms with Crippen LogP contribution in [0.15, 0.2) is 0 Å². The molecule has 0 unspecified atom stereocenters. The molecule has 34 heavy (non-hydrogen) atoms. The molecule has 4 atom stereocenters. The first-order valence-electron chi connectivity index (χ1n) is 13.2. The van der Waals surface area contributed by atoms with Crippen molar-refractivity contribution in [2.45, 2.75) is 134 Å².